The number of amides is 1. The van der Waals surface area contributed by atoms with Crippen molar-refractivity contribution < 1.29 is 4.79 Å². The number of hydrogen-bond donors (Lipinski definition) is 2. The molecule has 0 aliphatic heterocycles. The number of pyridine rings is 1. The molecule has 2 aromatic heterocycles. The SMILES string of the molecule is Cc1ccncc1NC(=O)c1nc(Cl)c(N(C)Cc2ccccc2)nc1N. The first-order valence-electron chi connectivity index (χ1n) is 8.25. The molecule has 0 aliphatic rings. The minimum Gasteiger partial charge on any atom is -0.382 e. The second kappa shape index (κ2) is 8.01. The topological polar surface area (TPSA) is 97.0 Å². The Balaban J connectivity index is 1.82. The minimum absolute atomic E-state index is 0.00774. The van der Waals surface area contributed by atoms with Crippen LogP contribution in [0.1, 0.15) is 21.6 Å². The van der Waals surface area contributed by atoms with Crippen molar-refractivity contribution in [3.8, 4) is 0 Å². The number of nitrogens with zero attached hydrogens (tertiary/aromatic N) is 4. The average Bonchev–Trinajstić information content (AvgIpc) is 2.65. The largest absolute Gasteiger partial charge is 0.382 e. The molecule has 3 rings (SSSR count). The van der Waals surface area contributed by atoms with Crippen LogP contribution in [0.15, 0.2) is 48.8 Å². The summed E-state index contributed by atoms with van der Waals surface area (Å²) >= 11 is 6.28. The number of anilines is 3. The number of carbonyl (C=O) groups excluding carboxylic acids is 1. The lowest BCUT2D eigenvalue weighted by Crippen LogP contribution is -2.22. The molecule has 27 heavy (non-hydrogen) atoms. The fourth-order valence-electron chi connectivity index (χ4n) is 2.54. The quantitative estimate of drug-likeness (QED) is 0.702. The normalized spacial score (nSPS) is 10.5. The van der Waals surface area contributed by atoms with Crippen molar-refractivity contribution in [1.29, 1.82) is 0 Å². The zero-order valence-electron chi connectivity index (χ0n) is 15.0. The van der Waals surface area contributed by atoms with Crippen LogP contribution in [0.2, 0.25) is 5.15 Å². The molecular formula is C19H19ClN6O. The molecule has 138 valence electrons. The van der Waals surface area contributed by atoms with Crippen LogP contribution in [0.25, 0.3) is 0 Å². The third kappa shape index (κ3) is 4.32. The average molecular weight is 383 g/mol. The van der Waals surface area contributed by atoms with E-state index in [0.29, 0.717) is 18.1 Å². The van der Waals surface area contributed by atoms with E-state index in [9.17, 15) is 4.79 Å². The summed E-state index contributed by atoms with van der Waals surface area (Å²) in [6, 6.07) is 11.7. The number of hydrogen-bond acceptors (Lipinski definition) is 6. The number of rotatable bonds is 5. The first-order chi connectivity index (χ1) is 13.0. The van der Waals surface area contributed by atoms with E-state index >= 15 is 0 Å². The number of benzene rings is 1. The number of aryl methyl sites for hydroxylation is 1. The van der Waals surface area contributed by atoms with Gasteiger partial charge in [-0.05, 0) is 24.1 Å². The lowest BCUT2D eigenvalue weighted by atomic mass is 10.2. The summed E-state index contributed by atoms with van der Waals surface area (Å²) in [5, 5.41) is 2.83. The predicted molar refractivity (Wildman–Crippen MR) is 107 cm³/mol. The van der Waals surface area contributed by atoms with Crippen molar-refractivity contribution in [2.24, 2.45) is 0 Å². The molecule has 2 heterocycles. The molecule has 0 unspecified atom stereocenters. The molecule has 0 fully saturated rings. The molecule has 8 heteroatoms. The number of nitrogen functional groups attached to an aromatic ring is 1. The Morgan fingerprint density at radius 1 is 1.22 bits per heavy atom. The van der Waals surface area contributed by atoms with E-state index in [1.807, 2.05) is 49.2 Å². The zero-order chi connectivity index (χ0) is 19.4. The van der Waals surface area contributed by atoms with Gasteiger partial charge in [-0.2, -0.15) is 0 Å². The molecular weight excluding hydrogens is 364 g/mol. The summed E-state index contributed by atoms with van der Waals surface area (Å²) in [4.78, 5) is 26.8. The molecule has 0 atom stereocenters. The van der Waals surface area contributed by atoms with Crippen LogP contribution in [0.5, 0.6) is 0 Å². The van der Waals surface area contributed by atoms with Gasteiger partial charge in [0, 0.05) is 19.8 Å². The molecule has 0 bridgehead atoms. The fraction of sp³-hybridized carbons (Fsp3) is 0.158. The van der Waals surface area contributed by atoms with Gasteiger partial charge in [-0.25, -0.2) is 9.97 Å². The summed E-state index contributed by atoms with van der Waals surface area (Å²) in [6.45, 7) is 2.44. The Morgan fingerprint density at radius 2 is 1.96 bits per heavy atom. The van der Waals surface area contributed by atoms with Crippen LogP contribution in [0, 0.1) is 6.92 Å². The minimum atomic E-state index is -0.490. The van der Waals surface area contributed by atoms with Crippen molar-refractivity contribution in [2.45, 2.75) is 13.5 Å². The lowest BCUT2D eigenvalue weighted by molar-refractivity contribution is 0.102. The van der Waals surface area contributed by atoms with E-state index in [1.54, 1.807) is 18.5 Å². The summed E-state index contributed by atoms with van der Waals surface area (Å²) in [5.74, 6) is -0.0734. The van der Waals surface area contributed by atoms with Gasteiger partial charge >= 0.3 is 0 Å². The van der Waals surface area contributed by atoms with Crippen molar-refractivity contribution in [3.05, 3.63) is 70.8 Å². The molecule has 3 N–H and O–H groups in total. The molecule has 7 nitrogen and oxygen atoms in total. The highest BCUT2D eigenvalue weighted by atomic mass is 35.5. The molecule has 0 aliphatic carbocycles. The molecule has 1 aromatic carbocycles. The van der Waals surface area contributed by atoms with Crippen molar-refractivity contribution >= 4 is 34.8 Å². The van der Waals surface area contributed by atoms with Crippen molar-refractivity contribution in [2.75, 3.05) is 23.0 Å². The van der Waals surface area contributed by atoms with Gasteiger partial charge in [-0.3, -0.25) is 9.78 Å². The van der Waals surface area contributed by atoms with E-state index in [4.69, 9.17) is 17.3 Å². The Morgan fingerprint density at radius 3 is 2.67 bits per heavy atom. The van der Waals surface area contributed by atoms with Gasteiger partial charge in [0.2, 0.25) is 0 Å². The van der Waals surface area contributed by atoms with Gasteiger partial charge in [0.15, 0.2) is 22.5 Å². The van der Waals surface area contributed by atoms with Crippen LogP contribution < -0.4 is 16.0 Å². The Hall–Kier alpha value is -3.19. The summed E-state index contributed by atoms with van der Waals surface area (Å²) in [5.41, 5.74) is 8.48. The molecule has 0 spiro atoms. The predicted octanol–water partition coefficient (Wildman–Crippen LogP) is 3.30. The maximum Gasteiger partial charge on any atom is 0.278 e. The zero-order valence-corrected chi connectivity index (χ0v) is 15.7. The van der Waals surface area contributed by atoms with Gasteiger partial charge < -0.3 is 16.0 Å². The van der Waals surface area contributed by atoms with Gasteiger partial charge in [0.05, 0.1) is 11.9 Å². The lowest BCUT2D eigenvalue weighted by Gasteiger charge is -2.20. The van der Waals surface area contributed by atoms with Crippen LogP contribution >= 0.6 is 11.6 Å². The third-order valence-corrected chi connectivity index (χ3v) is 4.24. The smallest absolute Gasteiger partial charge is 0.278 e. The third-order valence-electron chi connectivity index (χ3n) is 3.99. The Bertz CT molecular complexity index is 964. The number of nitrogens with two attached hydrogens (primary N) is 1. The molecule has 3 aromatic rings. The fourth-order valence-corrected chi connectivity index (χ4v) is 2.81. The van der Waals surface area contributed by atoms with Crippen LogP contribution in [0.3, 0.4) is 0 Å². The van der Waals surface area contributed by atoms with E-state index in [1.165, 1.54) is 0 Å². The van der Waals surface area contributed by atoms with Crippen LogP contribution in [0.4, 0.5) is 17.3 Å². The highest BCUT2D eigenvalue weighted by molar-refractivity contribution is 6.32. The number of aromatic nitrogens is 3. The second-order valence-electron chi connectivity index (χ2n) is 6.06. The van der Waals surface area contributed by atoms with Gasteiger partial charge in [-0.1, -0.05) is 41.9 Å². The van der Waals surface area contributed by atoms with E-state index < -0.39 is 5.91 Å². The van der Waals surface area contributed by atoms with E-state index in [0.717, 1.165) is 11.1 Å². The monoisotopic (exact) mass is 382 g/mol. The first kappa shape index (κ1) is 18.6. The molecule has 0 saturated carbocycles. The summed E-state index contributed by atoms with van der Waals surface area (Å²) < 4.78 is 0. The number of nitrogens with one attached hydrogen (secondary N) is 1. The van der Waals surface area contributed by atoms with E-state index in [2.05, 4.69) is 20.3 Å². The van der Waals surface area contributed by atoms with E-state index in [-0.39, 0.29) is 16.7 Å². The van der Waals surface area contributed by atoms with Gasteiger partial charge in [0.1, 0.15) is 0 Å². The number of halogens is 1. The number of carbonyl (C=O) groups is 1. The standard InChI is InChI=1S/C19H19ClN6O/c1-12-8-9-22-10-14(12)23-19(27)15-17(21)25-18(16(20)24-15)26(2)11-13-6-4-3-5-7-13/h3-10H,11H2,1-2H3,(H2,21,25)(H,23,27). The van der Waals surface area contributed by atoms with Crippen LogP contribution in [-0.2, 0) is 6.54 Å². The Labute approximate surface area is 162 Å². The maximum absolute atomic E-state index is 12.5. The summed E-state index contributed by atoms with van der Waals surface area (Å²) in [7, 11) is 1.83. The molecule has 1 amide bonds. The second-order valence-corrected chi connectivity index (χ2v) is 6.42. The highest BCUT2D eigenvalue weighted by Crippen LogP contribution is 2.25. The molecule has 0 saturated heterocycles. The maximum atomic E-state index is 12.5. The van der Waals surface area contributed by atoms with Crippen molar-refractivity contribution in [3.63, 3.8) is 0 Å². The van der Waals surface area contributed by atoms with Gasteiger partial charge in [-0.15, -0.1) is 0 Å². The molecule has 0 radical (unpaired) electrons. The summed E-state index contributed by atoms with van der Waals surface area (Å²) in [6.07, 6.45) is 3.20. The van der Waals surface area contributed by atoms with Gasteiger partial charge in [0.25, 0.3) is 5.91 Å². The first-order valence-corrected chi connectivity index (χ1v) is 8.63. The van der Waals surface area contributed by atoms with Crippen molar-refractivity contribution in [1.82, 2.24) is 15.0 Å². The van der Waals surface area contributed by atoms with Crippen LogP contribution in [-0.4, -0.2) is 27.9 Å². The highest BCUT2D eigenvalue weighted by Gasteiger charge is 2.19. The Kier molecular flexibility index (Phi) is 5.52.